The Morgan fingerprint density at radius 3 is 2.54 bits per heavy atom. The van der Waals surface area contributed by atoms with E-state index in [1.165, 1.54) is 5.56 Å². The largest absolute Gasteiger partial charge is 0.508 e. The van der Waals surface area contributed by atoms with Crippen LogP contribution in [0.2, 0.25) is 0 Å². The Morgan fingerprint density at radius 2 is 1.68 bits per heavy atom. The van der Waals surface area contributed by atoms with Crippen molar-refractivity contribution in [3.63, 3.8) is 0 Å². The van der Waals surface area contributed by atoms with Crippen LogP contribution >= 0.6 is 0 Å². The number of nitrogens with zero attached hydrogens (tertiary/aromatic N) is 1. The first kappa shape index (κ1) is 16.4. The first-order valence-electron chi connectivity index (χ1n) is 8.94. The van der Waals surface area contributed by atoms with Crippen LogP contribution in [0.5, 0.6) is 17.2 Å². The molecule has 1 aliphatic heterocycles. The number of ether oxygens (including phenoxy) is 2. The Morgan fingerprint density at radius 1 is 0.857 bits per heavy atom. The van der Waals surface area contributed by atoms with Crippen molar-refractivity contribution in [2.75, 3.05) is 6.79 Å². The first-order chi connectivity index (χ1) is 13.7. The smallest absolute Gasteiger partial charge is 0.231 e. The molecular formula is C23H17NO4. The summed E-state index contributed by atoms with van der Waals surface area (Å²) in [6.45, 7) is 2.26. The zero-order valence-electron chi connectivity index (χ0n) is 15.2. The molecule has 5 nitrogen and oxygen atoms in total. The normalized spacial score (nSPS) is 13.2. The summed E-state index contributed by atoms with van der Waals surface area (Å²) < 4.78 is 17.0. The number of rotatable bonds is 2. The highest BCUT2D eigenvalue weighted by molar-refractivity contribution is 5.80. The monoisotopic (exact) mass is 371 g/mol. The fraction of sp³-hybridized carbons (Fsp3) is 0.0870. The molecule has 138 valence electrons. The summed E-state index contributed by atoms with van der Waals surface area (Å²) in [7, 11) is 0. The van der Waals surface area contributed by atoms with Crippen molar-refractivity contribution in [2.45, 2.75) is 6.92 Å². The van der Waals surface area contributed by atoms with Gasteiger partial charge < -0.3 is 19.0 Å². The van der Waals surface area contributed by atoms with Gasteiger partial charge >= 0.3 is 0 Å². The van der Waals surface area contributed by atoms with Gasteiger partial charge in [-0.1, -0.05) is 17.7 Å². The third-order valence-corrected chi connectivity index (χ3v) is 4.67. The van der Waals surface area contributed by atoms with E-state index in [0.29, 0.717) is 22.5 Å². The number of hydrogen-bond donors (Lipinski definition) is 1. The molecule has 1 N–H and O–H groups in total. The molecule has 0 atom stereocenters. The molecule has 28 heavy (non-hydrogen) atoms. The number of aryl methyl sites for hydroxylation is 1. The van der Waals surface area contributed by atoms with Gasteiger partial charge in [-0.05, 0) is 55.5 Å². The van der Waals surface area contributed by atoms with Crippen LogP contribution in [0.4, 0.5) is 5.69 Å². The number of phenols is 1. The van der Waals surface area contributed by atoms with Gasteiger partial charge in [0.15, 0.2) is 11.5 Å². The van der Waals surface area contributed by atoms with Crippen LogP contribution in [-0.4, -0.2) is 11.9 Å². The summed E-state index contributed by atoms with van der Waals surface area (Å²) >= 11 is 0. The Hall–Kier alpha value is -3.73. The molecule has 0 aliphatic carbocycles. The summed E-state index contributed by atoms with van der Waals surface area (Å²) in [5.41, 5.74) is 3.50. The Bertz CT molecular complexity index is 1260. The number of phenolic OH excluding ortho intramolecular Hbond substituents is 1. The highest BCUT2D eigenvalue weighted by atomic mass is 16.7. The SMILES string of the molecule is Cc1ccc(N=c2cc(-c3ccc4c(c3)OCO4)oc3ccc(O)cc23)cc1. The topological polar surface area (TPSA) is 64.2 Å². The molecule has 0 saturated carbocycles. The molecule has 0 radical (unpaired) electrons. The van der Waals surface area contributed by atoms with E-state index in [0.717, 1.165) is 22.4 Å². The van der Waals surface area contributed by atoms with Crippen LogP contribution in [0.25, 0.3) is 22.3 Å². The molecule has 1 aliphatic rings. The van der Waals surface area contributed by atoms with Gasteiger partial charge in [-0.15, -0.1) is 0 Å². The number of fused-ring (bicyclic) bond motifs is 2. The second-order valence-electron chi connectivity index (χ2n) is 6.69. The second kappa shape index (κ2) is 6.46. The van der Waals surface area contributed by atoms with Crippen molar-refractivity contribution in [3.8, 4) is 28.6 Å². The van der Waals surface area contributed by atoms with Gasteiger partial charge in [0.05, 0.1) is 11.0 Å². The minimum atomic E-state index is 0.166. The predicted molar refractivity (Wildman–Crippen MR) is 106 cm³/mol. The van der Waals surface area contributed by atoms with Crippen molar-refractivity contribution in [1.29, 1.82) is 0 Å². The maximum Gasteiger partial charge on any atom is 0.231 e. The maximum atomic E-state index is 9.94. The molecule has 4 aromatic rings. The standard InChI is InChI=1S/C23H17NO4/c1-14-2-5-16(6-3-14)24-19-12-22(28-20-9-7-17(25)11-18(19)20)15-4-8-21-23(10-15)27-13-26-21/h2-12,25H,13H2,1H3. The minimum absolute atomic E-state index is 0.166. The predicted octanol–water partition coefficient (Wildman–Crippen LogP) is 5.07. The summed E-state index contributed by atoms with van der Waals surface area (Å²) in [6, 6.07) is 20.5. The minimum Gasteiger partial charge on any atom is -0.508 e. The van der Waals surface area contributed by atoms with E-state index in [-0.39, 0.29) is 12.5 Å². The lowest BCUT2D eigenvalue weighted by Crippen LogP contribution is -2.03. The molecule has 0 saturated heterocycles. The van der Waals surface area contributed by atoms with Gasteiger partial charge in [0.1, 0.15) is 17.1 Å². The molecule has 2 heterocycles. The third-order valence-electron chi connectivity index (χ3n) is 4.67. The van der Waals surface area contributed by atoms with Gasteiger partial charge in [-0.3, -0.25) is 0 Å². The average molecular weight is 371 g/mol. The fourth-order valence-corrected chi connectivity index (χ4v) is 3.20. The van der Waals surface area contributed by atoms with E-state index in [1.807, 2.05) is 55.5 Å². The Balaban J connectivity index is 1.73. The fourth-order valence-electron chi connectivity index (χ4n) is 3.20. The second-order valence-corrected chi connectivity index (χ2v) is 6.69. The lowest BCUT2D eigenvalue weighted by molar-refractivity contribution is 0.174. The van der Waals surface area contributed by atoms with Crippen molar-refractivity contribution in [1.82, 2.24) is 0 Å². The average Bonchev–Trinajstić information content (AvgIpc) is 3.18. The van der Waals surface area contributed by atoms with E-state index < -0.39 is 0 Å². The van der Waals surface area contributed by atoms with E-state index in [1.54, 1.807) is 18.2 Å². The summed E-state index contributed by atoms with van der Waals surface area (Å²) in [6.07, 6.45) is 0. The quantitative estimate of drug-likeness (QED) is 0.534. The summed E-state index contributed by atoms with van der Waals surface area (Å²) in [4.78, 5) is 4.78. The number of hydrogen-bond acceptors (Lipinski definition) is 5. The van der Waals surface area contributed by atoms with E-state index in [9.17, 15) is 5.11 Å². The van der Waals surface area contributed by atoms with E-state index >= 15 is 0 Å². The number of benzene rings is 3. The van der Waals surface area contributed by atoms with E-state index in [4.69, 9.17) is 18.9 Å². The molecule has 5 rings (SSSR count). The zero-order chi connectivity index (χ0) is 19.1. The first-order valence-corrected chi connectivity index (χ1v) is 8.94. The Labute approximate surface area is 161 Å². The highest BCUT2D eigenvalue weighted by Gasteiger charge is 2.15. The molecule has 0 fully saturated rings. The highest BCUT2D eigenvalue weighted by Crippen LogP contribution is 2.36. The van der Waals surface area contributed by atoms with Crippen LogP contribution in [-0.2, 0) is 0 Å². The van der Waals surface area contributed by atoms with Gasteiger partial charge in [-0.2, -0.15) is 0 Å². The van der Waals surface area contributed by atoms with Crippen LogP contribution < -0.4 is 14.8 Å². The maximum absolute atomic E-state index is 9.94. The van der Waals surface area contributed by atoms with Gasteiger partial charge in [-0.25, -0.2) is 4.99 Å². The van der Waals surface area contributed by atoms with Crippen molar-refractivity contribution in [2.24, 2.45) is 4.99 Å². The molecule has 0 bridgehead atoms. The van der Waals surface area contributed by atoms with E-state index in [2.05, 4.69) is 0 Å². The van der Waals surface area contributed by atoms with Crippen molar-refractivity contribution >= 4 is 16.7 Å². The molecule has 0 spiro atoms. The van der Waals surface area contributed by atoms with Crippen molar-refractivity contribution in [3.05, 3.63) is 77.7 Å². The molecule has 1 aromatic heterocycles. The molecular weight excluding hydrogens is 354 g/mol. The molecule has 0 amide bonds. The van der Waals surface area contributed by atoms with Crippen LogP contribution in [0, 0.1) is 6.92 Å². The lowest BCUT2D eigenvalue weighted by atomic mass is 10.1. The number of aromatic hydroxyl groups is 1. The van der Waals surface area contributed by atoms with Gasteiger partial charge in [0, 0.05) is 17.0 Å². The van der Waals surface area contributed by atoms with Crippen LogP contribution in [0.15, 0.2) is 76.1 Å². The summed E-state index contributed by atoms with van der Waals surface area (Å²) in [5.74, 6) is 2.23. The van der Waals surface area contributed by atoms with Crippen molar-refractivity contribution < 1.29 is 19.0 Å². The van der Waals surface area contributed by atoms with Crippen LogP contribution in [0.3, 0.4) is 0 Å². The molecule has 3 aromatic carbocycles. The van der Waals surface area contributed by atoms with Crippen LogP contribution in [0.1, 0.15) is 5.56 Å². The molecule has 0 unspecified atom stereocenters. The van der Waals surface area contributed by atoms with Gasteiger partial charge in [0.2, 0.25) is 6.79 Å². The zero-order valence-corrected chi connectivity index (χ0v) is 15.2. The summed E-state index contributed by atoms with van der Waals surface area (Å²) in [5, 5.41) is 11.4. The van der Waals surface area contributed by atoms with Gasteiger partial charge in [0.25, 0.3) is 0 Å². The molecule has 5 heteroatoms. The lowest BCUT2D eigenvalue weighted by Gasteiger charge is -2.07. The Kier molecular flexibility index (Phi) is 3.79. The third kappa shape index (κ3) is 2.97.